The Balaban J connectivity index is 1.81. The Morgan fingerprint density at radius 1 is 1.15 bits per heavy atom. The van der Waals surface area contributed by atoms with Gasteiger partial charge in [0.2, 0.25) is 11.8 Å². The van der Waals surface area contributed by atoms with E-state index in [1.807, 2.05) is 0 Å². The molecule has 3 amide bonds. The van der Waals surface area contributed by atoms with Crippen LogP contribution < -0.4 is 5.32 Å². The molecule has 33 heavy (non-hydrogen) atoms. The first-order valence-corrected chi connectivity index (χ1v) is 12.4. The van der Waals surface area contributed by atoms with Gasteiger partial charge in [-0.3, -0.25) is 14.4 Å². The number of sulfonamides is 1. The van der Waals surface area contributed by atoms with Gasteiger partial charge in [-0.2, -0.15) is 0 Å². The Bertz CT molecular complexity index is 1200. The van der Waals surface area contributed by atoms with Gasteiger partial charge in [0.15, 0.2) is 0 Å². The van der Waals surface area contributed by atoms with Crippen molar-refractivity contribution in [1.29, 1.82) is 0 Å². The molecular formula is C22H23Cl2N3O5S. The monoisotopic (exact) mass is 511 g/mol. The summed E-state index contributed by atoms with van der Waals surface area (Å²) in [5, 5.41) is 3.43. The van der Waals surface area contributed by atoms with E-state index in [2.05, 4.69) is 5.32 Å². The summed E-state index contributed by atoms with van der Waals surface area (Å²) < 4.78 is 26.2. The molecule has 0 saturated carbocycles. The number of halogens is 2. The lowest BCUT2D eigenvalue weighted by Crippen LogP contribution is -2.48. The van der Waals surface area contributed by atoms with Gasteiger partial charge in [0, 0.05) is 36.1 Å². The highest BCUT2D eigenvalue weighted by molar-refractivity contribution is 7.90. The molecule has 1 aliphatic rings. The molecule has 0 radical (unpaired) electrons. The molecule has 0 spiro atoms. The van der Waals surface area contributed by atoms with Gasteiger partial charge in [0.05, 0.1) is 5.56 Å². The first kappa shape index (κ1) is 25.0. The normalized spacial score (nSPS) is 15.2. The van der Waals surface area contributed by atoms with E-state index in [1.54, 1.807) is 32.0 Å². The summed E-state index contributed by atoms with van der Waals surface area (Å²) in [6.07, 6.45) is -0.298. The molecular weight excluding hydrogens is 489 g/mol. The number of hydrogen-bond acceptors (Lipinski definition) is 5. The molecule has 0 aromatic heterocycles. The number of carbonyl (C=O) groups is 3. The summed E-state index contributed by atoms with van der Waals surface area (Å²) in [4.78, 5) is 39.5. The second kappa shape index (κ2) is 10.1. The molecule has 11 heteroatoms. The maximum atomic E-state index is 13.2. The fourth-order valence-electron chi connectivity index (χ4n) is 3.53. The van der Waals surface area contributed by atoms with Crippen molar-refractivity contribution in [2.75, 3.05) is 13.1 Å². The summed E-state index contributed by atoms with van der Waals surface area (Å²) in [7, 11) is -4.03. The summed E-state index contributed by atoms with van der Waals surface area (Å²) in [6.45, 7) is 3.37. The summed E-state index contributed by atoms with van der Waals surface area (Å²) in [5.74, 6) is -1.55. The third kappa shape index (κ3) is 5.15. The molecule has 1 heterocycles. The van der Waals surface area contributed by atoms with Crippen LogP contribution in [0.4, 0.5) is 0 Å². The van der Waals surface area contributed by atoms with E-state index in [0.717, 1.165) is 0 Å². The SMILES string of the molecule is CCNC(=O)[C@H](C)N(Cc1ccc(Cl)cc1Cl)C(=O)CCN1C(=O)c2ccccc2S1(=O)=O. The van der Waals surface area contributed by atoms with Crippen LogP contribution in [-0.2, 0) is 26.2 Å². The van der Waals surface area contributed by atoms with E-state index in [-0.39, 0.29) is 35.9 Å². The fourth-order valence-corrected chi connectivity index (χ4v) is 5.57. The van der Waals surface area contributed by atoms with Crippen LogP contribution in [0.1, 0.15) is 36.2 Å². The summed E-state index contributed by atoms with van der Waals surface area (Å²) >= 11 is 12.2. The molecule has 176 valence electrons. The minimum atomic E-state index is -4.03. The van der Waals surface area contributed by atoms with Gasteiger partial charge in [-0.05, 0) is 43.7 Å². The number of nitrogens with one attached hydrogen (secondary N) is 1. The molecule has 0 unspecified atom stereocenters. The number of fused-ring (bicyclic) bond motifs is 1. The molecule has 0 saturated heterocycles. The molecule has 3 rings (SSSR count). The predicted octanol–water partition coefficient (Wildman–Crippen LogP) is 3.08. The molecule has 2 aromatic carbocycles. The lowest BCUT2D eigenvalue weighted by Gasteiger charge is -2.29. The van der Waals surface area contributed by atoms with Crippen LogP contribution in [0.5, 0.6) is 0 Å². The number of benzene rings is 2. The van der Waals surface area contributed by atoms with Crippen LogP contribution in [0.15, 0.2) is 47.4 Å². The van der Waals surface area contributed by atoms with Gasteiger partial charge >= 0.3 is 0 Å². The Morgan fingerprint density at radius 2 is 1.85 bits per heavy atom. The average molecular weight is 512 g/mol. The Kier molecular flexibility index (Phi) is 7.66. The minimum absolute atomic E-state index is 0.00799. The standard InChI is InChI=1S/C22H23Cl2N3O5S/c1-3-25-21(29)14(2)26(13-15-8-9-16(23)12-18(15)24)20(28)10-11-27-22(30)17-6-4-5-7-19(17)33(27,31)32/h4-9,12,14H,3,10-11,13H2,1-2H3,(H,25,29)/t14-/m0/s1. The third-order valence-electron chi connectivity index (χ3n) is 5.31. The van der Waals surface area contributed by atoms with E-state index in [0.29, 0.717) is 26.5 Å². The van der Waals surface area contributed by atoms with Crippen LogP contribution in [0, 0.1) is 0 Å². The molecule has 0 aliphatic carbocycles. The van der Waals surface area contributed by atoms with Gasteiger partial charge in [0.25, 0.3) is 15.9 Å². The smallest absolute Gasteiger partial charge is 0.269 e. The highest BCUT2D eigenvalue weighted by Gasteiger charge is 2.41. The largest absolute Gasteiger partial charge is 0.355 e. The maximum absolute atomic E-state index is 13.2. The second-order valence-corrected chi connectivity index (χ2v) is 10.1. The number of hydrogen-bond donors (Lipinski definition) is 1. The zero-order valence-corrected chi connectivity index (χ0v) is 20.4. The zero-order chi connectivity index (χ0) is 24.3. The van der Waals surface area contributed by atoms with Crippen LogP contribution in [0.3, 0.4) is 0 Å². The molecule has 1 N–H and O–H groups in total. The summed E-state index contributed by atoms with van der Waals surface area (Å²) in [6, 6.07) is 9.85. The van der Waals surface area contributed by atoms with Crippen LogP contribution in [0.2, 0.25) is 10.0 Å². The molecule has 8 nitrogen and oxygen atoms in total. The highest BCUT2D eigenvalue weighted by Crippen LogP contribution is 2.30. The van der Waals surface area contributed by atoms with Gasteiger partial charge in [-0.25, -0.2) is 12.7 Å². The predicted molar refractivity (Wildman–Crippen MR) is 124 cm³/mol. The van der Waals surface area contributed by atoms with E-state index in [4.69, 9.17) is 23.2 Å². The van der Waals surface area contributed by atoms with Crippen LogP contribution in [-0.4, -0.2) is 54.5 Å². The topological polar surface area (TPSA) is 104 Å². The summed E-state index contributed by atoms with van der Waals surface area (Å²) in [5.41, 5.74) is 0.647. The van der Waals surface area contributed by atoms with E-state index < -0.39 is 27.9 Å². The Labute approximate surface area is 202 Å². The Hall–Kier alpha value is -2.62. The lowest BCUT2D eigenvalue weighted by molar-refractivity contribution is -0.140. The van der Waals surface area contributed by atoms with Gasteiger partial charge in [-0.1, -0.05) is 41.4 Å². The molecule has 0 bridgehead atoms. The van der Waals surface area contributed by atoms with Crippen molar-refractivity contribution in [3.63, 3.8) is 0 Å². The molecule has 1 aliphatic heterocycles. The zero-order valence-electron chi connectivity index (χ0n) is 18.0. The van der Waals surface area contributed by atoms with E-state index in [1.165, 1.54) is 29.2 Å². The minimum Gasteiger partial charge on any atom is -0.355 e. The molecule has 2 aromatic rings. The van der Waals surface area contributed by atoms with Gasteiger partial charge in [0.1, 0.15) is 10.9 Å². The van der Waals surface area contributed by atoms with Crippen LogP contribution >= 0.6 is 23.2 Å². The van der Waals surface area contributed by atoms with E-state index >= 15 is 0 Å². The molecule has 1 atom stereocenters. The van der Waals surface area contributed by atoms with Crippen molar-refractivity contribution < 1.29 is 22.8 Å². The van der Waals surface area contributed by atoms with Crippen molar-refractivity contribution in [3.8, 4) is 0 Å². The number of nitrogens with zero attached hydrogens (tertiary/aromatic N) is 2. The quantitative estimate of drug-likeness (QED) is 0.586. The maximum Gasteiger partial charge on any atom is 0.269 e. The van der Waals surface area contributed by atoms with Crippen molar-refractivity contribution >= 4 is 50.9 Å². The fraction of sp³-hybridized carbons (Fsp3) is 0.318. The number of carbonyl (C=O) groups excluding carboxylic acids is 3. The second-order valence-electron chi connectivity index (χ2n) is 7.46. The van der Waals surface area contributed by atoms with Gasteiger partial charge in [-0.15, -0.1) is 0 Å². The first-order chi connectivity index (χ1) is 15.6. The highest BCUT2D eigenvalue weighted by atomic mass is 35.5. The average Bonchev–Trinajstić information content (AvgIpc) is 2.96. The van der Waals surface area contributed by atoms with Crippen molar-refractivity contribution in [3.05, 3.63) is 63.6 Å². The third-order valence-corrected chi connectivity index (χ3v) is 7.74. The first-order valence-electron chi connectivity index (χ1n) is 10.2. The number of likely N-dealkylation sites (N-methyl/N-ethyl adjacent to an activating group) is 1. The van der Waals surface area contributed by atoms with Crippen LogP contribution in [0.25, 0.3) is 0 Å². The number of rotatable bonds is 8. The van der Waals surface area contributed by atoms with Crippen molar-refractivity contribution in [2.24, 2.45) is 0 Å². The van der Waals surface area contributed by atoms with Gasteiger partial charge < -0.3 is 10.2 Å². The van der Waals surface area contributed by atoms with E-state index in [9.17, 15) is 22.8 Å². The van der Waals surface area contributed by atoms with Crippen molar-refractivity contribution in [2.45, 2.75) is 37.8 Å². The number of amides is 3. The molecule has 0 fully saturated rings. The van der Waals surface area contributed by atoms with Crippen molar-refractivity contribution in [1.82, 2.24) is 14.5 Å². The lowest BCUT2D eigenvalue weighted by atomic mass is 10.1. The Morgan fingerprint density at radius 3 is 2.48 bits per heavy atom.